The first-order chi connectivity index (χ1) is 13.9. The third-order valence-electron chi connectivity index (χ3n) is 4.17. The summed E-state index contributed by atoms with van der Waals surface area (Å²) in [4.78, 5) is 22.6. The number of nitrogens with one attached hydrogen (secondary N) is 1. The Morgan fingerprint density at radius 3 is 2.69 bits per heavy atom. The van der Waals surface area contributed by atoms with Crippen molar-refractivity contribution in [3.63, 3.8) is 0 Å². The Bertz CT molecular complexity index is 1030. The van der Waals surface area contributed by atoms with Crippen LogP contribution >= 0.6 is 23.4 Å². The number of amides is 1. The zero-order valence-electron chi connectivity index (χ0n) is 15.5. The summed E-state index contributed by atoms with van der Waals surface area (Å²) in [5.41, 5.74) is 1.28. The summed E-state index contributed by atoms with van der Waals surface area (Å²) in [6.45, 7) is 0. The van der Waals surface area contributed by atoms with Crippen LogP contribution in [0.25, 0.3) is 0 Å². The quantitative estimate of drug-likeness (QED) is 0.329. The topological polar surface area (TPSA) is 103 Å². The van der Waals surface area contributed by atoms with Gasteiger partial charge in [-0.25, -0.2) is 0 Å². The number of aromatic nitrogens is 3. The minimum atomic E-state index is -0.544. The van der Waals surface area contributed by atoms with Gasteiger partial charge in [-0.05, 0) is 18.1 Å². The molecule has 1 heterocycles. The molecule has 0 atom stereocenters. The van der Waals surface area contributed by atoms with Crippen molar-refractivity contribution in [1.82, 2.24) is 14.8 Å². The lowest BCUT2D eigenvalue weighted by atomic mass is 10.1. The highest BCUT2D eigenvalue weighted by molar-refractivity contribution is 7.99. The first kappa shape index (κ1) is 20.8. The van der Waals surface area contributed by atoms with Crippen LogP contribution in [0, 0.1) is 10.1 Å². The van der Waals surface area contributed by atoms with Crippen LogP contribution in [0.15, 0.2) is 53.7 Å². The molecule has 0 unspecified atom stereocenters. The molecule has 3 aromatic rings. The van der Waals surface area contributed by atoms with E-state index in [1.165, 1.54) is 35.5 Å². The normalized spacial score (nSPS) is 10.7. The zero-order valence-corrected chi connectivity index (χ0v) is 17.1. The highest BCUT2D eigenvalue weighted by Crippen LogP contribution is 2.27. The second-order valence-corrected chi connectivity index (χ2v) is 7.55. The fourth-order valence-electron chi connectivity index (χ4n) is 2.63. The Balaban J connectivity index is 1.56. The Morgan fingerprint density at radius 2 is 1.97 bits per heavy atom. The van der Waals surface area contributed by atoms with Gasteiger partial charge in [-0.1, -0.05) is 53.7 Å². The number of anilines is 1. The number of nitro benzene ring substituents is 1. The van der Waals surface area contributed by atoms with Gasteiger partial charge in [-0.15, -0.1) is 10.2 Å². The summed E-state index contributed by atoms with van der Waals surface area (Å²) in [6.07, 6.45) is 1.59. The number of nitrogens with zero attached hydrogens (tertiary/aromatic N) is 4. The van der Waals surface area contributed by atoms with Crippen LogP contribution in [-0.2, 0) is 24.7 Å². The maximum atomic E-state index is 12.2. The number of hydrogen-bond donors (Lipinski definition) is 1. The smallest absolute Gasteiger partial charge is 0.271 e. The fraction of sp³-hybridized carbons (Fsp3) is 0.211. The number of benzene rings is 2. The average Bonchev–Trinajstić information content (AvgIpc) is 3.06. The molecule has 29 heavy (non-hydrogen) atoms. The van der Waals surface area contributed by atoms with E-state index < -0.39 is 4.92 Å². The van der Waals surface area contributed by atoms with Crippen molar-refractivity contribution in [2.75, 3.05) is 11.1 Å². The Labute approximate surface area is 176 Å². The largest absolute Gasteiger partial charge is 0.324 e. The highest BCUT2D eigenvalue weighted by Gasteiger charge is 2.14. The van der Waals surface area contributed by atoms with E-state index in [0.717, 1.165) is 18.7 Å². The molecule has 0 fully saturated rings. The van der Waals surface area contributed by atoms with Crippen molar-refractivity contribution in [2.24, 2.45) is 7.05 Å². The number of hydrogen-bond acceptors (Lipinski definition) is 6. The van der Waals surface area contributed by atoms with Crippen LogP contribution in [0.4, 0.5) is 11.4 Å². The summed E-state index contributed by atoms with van der Waals surface area (Å²) in [6, 6.07) is 14.0. The van der Waals surface area contributed by atoms with Crippen molar-refractivity contribution in [3.8, 4) is 0 Å². The molecule has 3 rings (SSSR count). The molecule has 1 aromatic heterocycles. The Morgan fingerprint density at radius 1 is 1.21 bits per heavy atom. The van der Waals surface area contributed by atoms with E-state index in [9.17, 15) is 14.9 Å². The van der Waals surface area contributed by atoms with E-state index >= 15 is 0 Å². The predicted octanol–water partition coefficient (Wildman–Crippen LogP) is 3.89. The van der Waals surface area contributed by atoms with Gasteiger partial charge in [0.25, 0.3) is 5.69 Å². The van der Waals surface area contributed by atoms with Gasteiger partial charge in [0, 0.05) is 25.6 Å². The summed E-state index contributed by atoms with van der Waals surface area (Å²) < 4.78 is 1.86. The molecular formula is C19H18ClN5O3S. The van der Waals surface area contributed by atoms with Crippen LogP contribution in [-0.4, -0.2) is 31.3 Å². The van der Waals surface area contributed by atoms with Crippen LogP contribution in [0.1, 0.15) is 11.4 Å². The Kier molecular flexibility index (Phi) is 6.84. The minimum Gasteiger partial charge on any atom is -0.324 e. The predicted molar refractivity (Wildman–Crippen MR) is 112 cm³/mol. The number of halogens is 1. The summed E-state index contributed by atoms with van der Waals surface area (Å²) in [5.74, 6) is 0.564. The van der Waals surface area contributed by atoms with Gasteiger partial charge in [0.15, 0.2) is 5.16 Å². The van der Waals surface area contributed by atoms with Gasteiger partial charge in [0.2, 0.25) is 5.91 Å². The summed E-state index contributed by atoms with van der Waals surface area (Å²) in [7, 11) is 1.86. The molecule has 2 aromatic carbocycles. The molecule has 0 aliphatic carbocycles. The number of non-ortho nitro benzene ring substituents is 1. The van der Waals surface area contributed by atoms with Gasteiger partial charge in [0.1, 0.15) is 5.82 Å². The zero-order chi connectivity index (χ0) is 20.8. The lowest BCUT2D eigenvalue weighted by Crippen LogP contribution is -2.15. The van der Waals surface area contributed by atoms with E-state index in [-0.39, 0.29) is 28.1 Å². The molecule has 0 bridgehead atoms. The molecule has 0 saturated carbocycles. The first-order valence-corrected chi connectivity index (χ1v) is 10.1. The lowest BCUT2D eigenvalue weighted by Gasteiger charge is -2.07. The Hall–Kier alpha value is -2.91. The third-order valence-corrected chi connectivity index (χ3v) is 5.52. The van der Waals surface area contributed by atoms with Crippen molar-refractivity contribution < 1.29 is 9.72 Å². The van der Waals surface area contributed by atoms with Crippen LogP contribution in [0.3, 0.4) is 0 Å². The van der Waals surface area contributed by atoms with E-state index in [4.69, 9.17) is 11.6 Å². The molecule has 0 saturated heterocycles. The summed E-state index contributed by atoms with van der Waals surface area (Å²) >= 11 is 7.24. The highest BCUT2D eigenvalue weighted by atomic mass is 35.5. The number of rotatable bonds is 8. The van der Waals surface area contributed by atoms with Crippen molar-refractivity contribution >= 4 is 40.6 Å². The first-order valence-electron chi connectivity index (χ1n) is 8.73. The van der Waals surface area contributed by atoms with Gasteiger partial charge in [-0.2, -0.15) is 0 Å². The SMILES string of the molecule is Cn1c(CCc2ccccc2)nnc1SCC(=O)Nc1cc([N+](=O)[O-])ccc1Cl. The second kappa shape index (κ2) is 9.53. The molecule has 1 N–H and O–H groups in total. The van der Waals surface area contributed by atoms with Crippen molar-refractivity contribution in [3.05, 3.63) is 75.1 Å². The molecule has 1 amide bonds. The maximum Gasteiger partial charge on any atom is 0.271 e. The number of nitro groups is 1. The second-order valence-electron chi connectivity index (χ2n) is 6.20. The van der Waals surface area contributed by atoms with Crippen LogP contribution in [0.5, 0.6) is 0 Å². The van der Waals surface area contributed by atoms with Crippen molar-refractivity contribution in [2.45, 2.75) is 18.0 Å². The van der Waals surface area contributed by atoms with Crippen LogP contribution < -0.4 is 5.32 Å². The number of aryl methyl sites for hydroxylation is 2. The molecule has 10 heteroatoms. The fourth-order valence-corrected chi connectivity index (χ4v) is 3.52. The lowest BCUT2D eigenvalue weighted by molar-refractivity contribution is -0.384. The van der Waals surface area contributed by atoms with Gasteiger partial charge in [-0.3, -0.25) is 14.9 Å². The molecule has 0 spiro atoms. The van der Waals surface area contributed by atoms with Crippen LogP contribution in [0.2, 0.25) is 5.02 Å². The minimum absolute atomic E-state index is 0.0731. The van der Waals surface area contributed by atoms with Gasteiger partial charge >= 0.3 is 0 Å². The maximum absolute atomic E-state index is 12.2. The van der Waals surface area contributed by atoms with E-state index in [0.29, 0.717) is 5.16 Å². The number of thioether (sulfide) groups is 1. The van der Waals surface area contributed by atoms with Crippen molar-refractivity contribution in [1.29, 1.82) is 0 Å². The van der Waals surface area contributed by atoms with Gasteiger partial charge < -0.3 is 9.88 Å². The van der Waals surface area contributed by atoms with E-state index in [1.807, 2.05) is 29.8 Å². The number of carbonyl (C=O) groups excluding carboxylic acids is 1. The van der Waals surface area contributed by atoms with E-state index in [2.05, 4.69) is 27.6 Å². The molecule has 0 aliphatic heterocycles. The number of carbonyl (C=O) groups is 1. The molecule has 8 nitrogen and oxygen atoms in total. The third kappa shape index (κ3) is 5.55. The average molecular weight is 432 g/mol. The summed E-state index contributed by atoms with van der Waals surface area (Å²) in [5, 5.41) is 22.7. The molecule has 0 radical (unpaired) electrons. The van der Waals surface area contributed by atoms with Gasteiger partial charge in [0.05, 0.1) is 21.4 Å². The molecular weight excluding hydrogens is 414 g/mol. The van der Waals surface area contributed by atoms with E-state index in [1.54, 1.807) is 0 Å². The standard InChI is InChI=1S/C19H18ClN5O3S/c1-24-17(10-7-13-5-3-2-4-6-13)22-23-19(24)29-12-18(26)21-16-11-14(25(27)28)8-9-15(16)20/h2-6,8-9,11H,7,10,12H2,1H3,(H,21,26). The molecule has 150 valence electrons. The molecule has 0 aliphatic rings. The monoisotopic (exact) mass is 431 g/mol.